The normalized spacial score (nSPS) is 25.0. The van der Waals surface area contributed by atoms with Crippen LogP contribution in [0.3, 0.4) is 0 Å². The molecule has 2 aliphatic rings. The molecule has 0 aliphatic carbocycles. The number of likely N-dealkylation sites (N-methyl/N-ethyl adjacent to an activating group) is 1. The van der Waals surface area contributed by atoms with E-state index in [-0.39, 0.29) is 17.0 Å². The number of halogens is 1. The first-order chi connectivity index (χ1) is 13.7. The van der Waals surface area contributed by atoms with Crippen LogP contribution in [-0.2, 0) is 17.8 Å². The number of quaternary nitrogens is 1. The average molecular weight is 457 g/mol. The molecular formula is C25H33BrN2O. The number of rotatable bonds is 6. The molecule has 4 rings (SSSR count). The summed E-state index contributed by atoms with van der Waals surface area (Å²) in [6.45, 7) is 6.57. The summed E-state index contributed by atoms with van der Waals surface area (Å²) in [5, 5.41) is 0. The van der Waals surface area contributed by atoms with Gasteiger partial charge in [0.25, 0.3) is 0 Å². The highest BCUT2D eigenvalue weighted by molar-refractivity contribution is 5.15. The maximum atomic E-state index is 6.48. The minimum Gasteiger partial charge on any atom is -1.00 e. The van der Waals surface area contributed by atoms with Gasteiger partial charge in [-0.25, -0.2) is 0 Å². The fraction of sp³-hybridized carbons (Fsp3) is 0.440. The van der Waals surface area contributed by atoms with E-state index in [0.717, 1.165) is 43.6 Å². The maximum absolute atomic E-state index is 6.48. The molecule has 0 spiro atoms. The number of hydrogen-bond donors (Lipinski definition) is 0. The molecule has 2 aliphatic heterocycles. The van der Waals surface area contributed by atoms with E-state index in [0.29, 0.717) is 6.10 Å². The summed E-state index contributed by atoms with van der Waals surface area (Å²) >= 11 is 0. The summed E-state index contributed by atoms with van der Waals surface area (Å²) in [6.07, 6.45) is 6.14. The van der Waals surface area contributed by atoms with Gasteiger partial charge in [-0.1, -0.05) is 60.7 Å². The molecule has 2 unspecified atom stereocenters. The molecule has 2 aromatic carbocycles. The second-order valence-corrected chi connectivity index (χ2v) is 8.69. The van der Waals surface area contributed by atoms with Gasteiger partial charge in [0.2, 0.25) is 0 Å². The Bertz CT molecular complexity index is 780. The SMILES string of the molecule is C[N+]1(Cc2ccccc2)CCCC(OC2=CCN(Cc3ccccc3)CC2)C1.[Br-]. The number of hydrogen-bond acceptors (Lipinski definition) is 2. The number of piperidine rings is 1. The van der Waals surface area contributed by atoms with Gasteiger partial charge in [-0.15, -0.1) is 0 Å². The second-order valence-electron chi connectivity index (χ2n) is 8.69. The van der Waals surface area contributed by atoms with Gasteiger partial charge in [-0.3, -0.25) is 4.90 Å². The number of benzene rings is 2. The predicted molar refractivity (Wildman–Crippen MR) is 115 cm³/mol. The van der Waals surface area contributed by atoms with E-state index >= 15 is 0 Å². The summed E-state index contributed by atoms with van der Waals surface area (Å²) in [5.74, 6) is 1.21. The number of nitrogens with zero attached hydrogens (tertiary/aromatic N) is 2. The van der Waals surface area contributed by atoms with E-state index < -0.39 is 0 Å². The largest absolute Gasteiger partial charge is 1.00 e. The highest BCUT2D eigenvalue weighted by Crippen LogP contribution is 2.25. The first-order valence-corrected chi connectivity index (χ1v) is 10.7. The monoisotopic (exact) mass is 456 g/mol. The highest BCUT2D eigenvalue weighted by Gasteiger charge is 2.33. The van der Waals surface area contributed by atoms with Crippen LogP contribution in [0.5, 0.6) is 0 Å². The molecule has 0 bridgehead atoms. The Labute approximate surface area is 186 Å². The smallest absolute Gasteiger partial charge is 0.147 e. The second kappa shape index (κ2) is 10.4. The van der Waals surface area contributed by atoms with Crippen molar-refractivity contribution >= 4 is 0 Å². The Morgan fingerprint density at radius 1 is 1.00 bits per heavy atom. The van der Waals surface area contributed by atoms with E-state index in [1.807, 2.05) is 0 Å². The van der Waals surface area contributed by atoms with Gasteiger partial charge in [0.15, 0.2) is 0 Å². The van der Waals surface area contributed by atoms with Crippen LogP contribution in [0.25, 0.3) is 0 Å². The summed E-state index contributed by atoms with van der Waals surface area (Å²) in [4.78, 5) is 2.50. The van der Waals surface area contributed by atoms with Crippen molar-refractivity contribution in [2.75, 3.05) is 33.2 Å². The minimum atomic E-state index is 0. The predicted octanol–water partition coefficient (Wildman–Crippen LogP) is 1.61. The van der Waals surface area contributed by atoms with E-state index in [4.69, 9.17) is 4.74 Å². The van der Waals surface area contributed by atoms with Crippen LogP contribution in [0.1, 0.15) is 30.4 Å². The first-order valence-electron chi connectivity index (χ1n) is 10.7. The molecule has 4 heteroatoms. The molecule has 0 amide bonds. The van der Waals surface area contributed by atoms with Crippen molar-refractivity contribution in [2.24, 2.45) is 0 Å². The Balaban J connectivity index is 0.00000240. The molecule has 0 N–H and O–H groups in total. The highest BCUT2D eigenvalue weighted by atomic mass is 79.9. The molecule has 0 radical (unpaired) electrons. The standard InChI is InChI=1S/C25H33N2O.BrH/c1-27(20-23-11-6-3-7-12-23)18-8-13-25(21-27)28-24-14-16-26(17-15-24)19-22-9-4-2-5-10-22;/h2-7,9-12,14,25H,8,13,15-21H2,1H3;1H/q+1;/p-1. The topological polar surface area (TPSA) is 12.5 Å². The van der Waals surface area contributed by atoms with Gasteiger partial charge in [0, 0.05) is 38.0 Å². The van der Waals surface area contributed by atoms with Crippen molar-refractivity contribution in [3.63, 3.8) is 0 Å². The van der Waals surface area contributed by atoms with Gasteiger partial charge < -0.3 is 26.2 Å². The Kier molecular flexibility index (Phi) is 7.93. The molecule has 2 aromatic rings. The van der Waals surface area contributed by atoms with Crippen LogP contribution in [0.2, 0.25) is 0 Å². The van der Waals surface area contributed by atoms with Gasteiger partial charge in [0.05, 0.1) is 19.4 Å². The lowest BCUT2D eigenvalue weighted by molar-refractivity contribution is -0.930. The molecule has 2 heterocycles. The van der Waals surface area contributed by atoms with Crippen molar-refractivity contribution in [1.29, 1.82) is 0 Å². The molecule has 3 nitrogen and oxygen atoms in total. The summed E-state index contributed by atoms with van der Waals surface area (Å²) in [5.41, 5.74) is 2.82. The maximum Gasteiger partial charge on any atom is 0.147 e. The van der Waals surface area contributed by atoms with Gasteiger partial charge in [-0.05, 0) is 18.1 Å². The zero-order valence-corrected chi connectivity index (χ0v) is 19.1. The van der Waals surface area contributed by atoms with E-state index in [9.17, 15) is 0 Å². The van der Waals surface area contributed by atoms with Crippen LogP contribution in [-0.4, -0.2) is 48.7 Å². The Morgan fingerprint density at radius 3 is 2.34 bits per heavy atom. The van der Waals surface area contributed by atoms with Crippen molar-refractivity contribution < 1.29 is 26.2 Å². The fourth-order valence-corrected chi connectivity index (χ4v) is 4.64. The molecule has 156 valence electrons. The van der Waals surface area contributed by atoms with Crippen LogP contribution in [0, 0.1) is 0 Å². The molecule has 1 fully saturated rings. The number of ether oxygens (including phenoxy) is 1. The van der Waals surface area contributed by atoms with E-state index in [1.165, 1.54) is 36.3 Å². The van der Waals surface area contributed by atoms with Gasteiger partial charge in [-0.2, -0.15) is 0 Å². The van der Waals surface area contributed by atoms with Gasteiger partial charge in [0.1, 0.15) is 19.2 Å². The molecule has 0 aromatic heterocycles. The van der Waals surface area contributed by atoms with E-state index in [1.54, 1.807) is 0 Å². The lowest BCUT2D eigenvalue weighted by Gasteiger charge is -2.42. The zero-order chi connectivity index (χ0) is 19.2. The molecule has 0 saturated carbocycles. The van der Waals surface area contributed by atoms with Gasteiger partial charge >= 0.3 is 0 Å². The molecular weight excluding hydrogens is 424 g/mol. The number of likely N-dealkylation sites (tertiary alicyclic amines) is 1. The third-order valence-corrected chi connectivity index (χ3v) is 6.09. The van der Waals surface area contributed by atoms with Crippen molar-refractivity contribution in [3.8, 4) is 0 Å². The summed E-state index contributed by atoms with van der Waals surface area (Å²) in [6, 6.07) is 21.6. The Hall–Kier alpha value is -1.62. The lowest BCUT2D eigenvalue weighted by Crippen LogP contribution is -3.00. The quantitative estimate of drug-likeness (QED) is 0.612. The molecule has 29 heavy (non-hydrogen) atoms. The van der Waals surface area contributed by atoms with Crippen molar-refractivity contribution in [2.45, 2.75) is 38.5 Å². The van der Waals surface area contributed by atoms with E-state index in [2.05, 4.69) is 78.7 Å². The van der Waals surface area contributed by atoms with Crippen LogP contribution >= 0.6 is 0 Å². The zero-order valence-electron chi connectivity index (χ0n) is 17.5. The van der Waals surface area contributed by atoms with Crippen molar-refractivity contribution in [1.82, 2.24) is 4.90 Å². The van der Waals surface area contributed by atoms with Crippen LogP contribution in [0.4, 0.5) is 0 Å². The molecule has 1 saturated heterocycles. The summed E-state index contributed by atoms with van der Waals surface area (Å²) in [7, 11) is 2.39. The van der Waals surface area contributed by atoms with Crippen LogP contribution < -0.4 is 17.0 Å². The fourth-order valence-electron chi connectivity index (χ4n) is 4.64. The Morgan fingerprint density at radius 2 is 1.69 bits per heavy atom. The third-order valence-electron chi connectivity index (χ3n) is 6.09. The van der Waals surface area contributed by atoms with Crippen LogP contribution in [0.15, 0.2) is 72.5 Å². The summed E-state index contributed by atoms with van der Waals surface area (Å²) < 4.78 is 7.57. The van der Waals surface area contributed by atoms with Crippen molar-refractivity contribution in [3.05, 3.63) is 83.6 Å². The minimum absolute atomic E-state index is 0. The lowest BCUT2D eigenvalue weighted by atomic mass is 10.0. The first kappa shape index (κ1) is 22.1. The third kappa shape index (κ3) is 6.43. The average Bonchev–Trinajstić information content (AvgIpc) is 2.71. The molecule has 2 atom stereocenters.